The number of nitrogens with zero attached hydrogens (tertiary/aromatic N) is 1. The molecule has 0 bridgehead atoms. The fourth-order valence-corrected chi connectivity index (χ4v) is 2.72. The maximum atomic E-state index is 10.8. The molecule has 4 heteroatoms. The summed E-state index contributed by atoms with van der Waals surface area (Å²) in [5.74, 6) is 0. The van der Waals surface area contributed by atoms with E-state index in [-0.39, 0.29) is 0 Å². The van der Waals surface area contributed by atoms with E-state index in [0.717, 1.165) is 49.0 Å². The number of aldehydes is 1. The highest BCUT2D eigenvalue weighted by atomic mass is 79.9. The van der Waals surface area contributed by atoms with Crippen LogP contribution in [-0.4, -0.2) is 32.1 Å². The lowest BCUT2D eigenvalue weighted by molar-refractivity contribution is 0.112. The Kier molecular flexibility index (Phi) is 4.78. The number of rotatable bonds is 5. The van der Waals surface area contributed by atoms with Gasteiger partial charge in [-0.25, -0.2) is 0 Å². The third kappa shape index (κ3) is 3.12. The number of hydrogen-bond donors (Lipinski definition) is 0. The van der Waals surface area contributed by atoms with Crippen molar-refractivity contribution in [1.29, 1.82) is 0 Å². The summed E-state index contributed by atoms with van der Waals surface area (Å²) in [7, 11) is 0. The summed E-state index contributed by atoms with van der Waals surface area (Å²) >= 11 is 3.43. The number of ether oxygens (including phenoxy) is 1. The normalized spacial score (nSPS) is 18.9. The molecule has 1 aromatic rings. The summed E-state index contributed by atoms with van der Waals surface area (Å²) in [5, 5.41) is 0. The molecule has 1 heterocycles. The number of carbonyl (C=O) groups excluding carboxylic acids is 1. The zero-order valence-corrected chi connectivity index (χ0v) is 12.1. The molecule has 0 saturated carbocycles. The Labute approximate surface area is 116 Å². The van der Waals surface area contributed by atoms with E-state index in [4.69, 9.17) is 4.74 Å². The average molecular weight is 312 g/mol. The van der Waals surface area contributed by atoms with Crippen LogP contribution < -0.4 is 4.90 Å². The van der Waals surface area contributed by atoms with E-state index in [1.807, 2.05) is 18.2 Å². The summed E-state index contributed by atoms with van der Waals surface area (Å²) in [5.41, 5.74) is 1.82. The number of carbonyl (C=O) groups is 1. The number of likely N-dealkylation sites (N-methyl/N-ethyl adjacent to an activating group) is 1. The SMILES string of the molecule is CCN(CC1CCCO1)c1ccc(C=O)c(Br)c1. The topological polar surface area (TPSA) is 29.5 Å². The van der Waals surface area contributed by atoms with Gasteiger partial charge in [-0.1, -0.05) is 0 Å². The van der Waals surface area contributed by atoms with Gasteiger partial charge < -0.3 is 9.64 Å². The van der Waals surface area contributed by atoms with Gasteiger partial charge in [-0.05, 0) is 53.9 Å². The fourth-order valence-electron chi connectivity index (χ4n) is 2.26. The first kappa shape index (κ1) is 13.6. The maximum Gasteiger partial charge on any atom is 0.151 e. The highest BCUT2D eigenvalue weighted by molar-refractivity contribution is 9.10. The van der Waals surface area contributed by atoms with Crippen molar-refractivity contribution in [3.8, 4) is 0 Å². The minimum atomic E-state index is 0.342. The van der Waals surface area contributed by atoms with Gasteiger partial charge in [0.2, 0.25) is 0 Å². The molecule has 1 saturated heterocycles. The first-order chi connectivity index (χ1) is 8.74. The van der Waals surface area contributed by atoms with Crippen molar-refractivity contribution in [2.45, 2.75) is 25.9 Å². The third-order valence-electron chi connectivity index (χ3n) is 3.31. The summed E-state index contributed by atoms with van der Waals surface area (Å²) in [4.78, 5) is 13.1. The van der Waals surface area contributed by atoms with E-state index in [2.05, 4.69) is 27.8 Å². The van der Waals surface area contributed by atoms with E-state index in [9.17, 15) is 4.79 Å². The van der Waals surface area contributed by atoms with Crippen LogP contribution in [0.4, 0.5) is 5.69 Å². The van der Waals surface area contributed by atoms with Gasteiger partial charge in [0.15, 0.2) is 6.29 Å². The molecule has 1 unspecified atom stereocenters. The minimum absolute atomic E-state index is 0.342. The molecule has 0 radical (unpaired) electrons. The molecule has 98 valence electrons. The number of benzene rings is 1. The maximum absolute atomic E-state index is 10.8. The molecule has 2 rings (SSSR count). The molecule has 1 aliphatic heterocycles. The molecule has 1 aromatic carbocycles. The summed E-state index contributed by atoms with van der Waals surface area (Å²) in [6, 6.07) is 5.85. The van der Waals surface area contributed by atoms with Crippen molar-refractivity contribution in [3.63, 3.8) is 0 Å². The summed E-state index contributed by atoms with van der Waals surface area (Å²) in [6.07, 6.45) is 3.51. The van der Waals surface area contributed by atoms with Crippen LogP contribution in [0.2, 0.25) is 0 Å². The van der Waals surface area contributed by atoms with Crippen LogP contribution >= 0.6 is 15.9 Å². The first-order valence-electron chi connectivity index (χ1n) is 6.36. The van der Waals surface area contributed by atoms with E-state index in [1.54, 1.807) is 0 Å². The molecular weight excluding hydrogens is 294 g/mol. The average Bonchev–Trinajstić information content (AvgIpc) is 2.88. The summed E-state index contributed by atoms with van der Waals surface area (Å²) in [6.45, 7) is 4.88. The van der Waals surface area contributed by atoms with E-state index in [1.165, 1.54) is 0 Å². The van der Waals surface area contributed by atoms with E-state index in [0.29, 0.717) is 11.7 Å². The molecule has 0 aliphatic carbocycles. The molecule has 1 fully saturated rings. The molecule has 0 spiro atoms. The molecule has 0 amide bonds. The molecular formula is C14H18BrNO2. The Hall–Kier alpha value is -0.870. The molecule has 1 atom stereocenters. The largest absolute Gasteiger partial charge is 0.376 e. The van der Waals surface area contributed by atoms with E-state index >= 15 is 0 Å². The van der Waals surface area contributed by atoms with Gasteiger partial charge in [0.25, 0.3) is 0 Å². The molecule has 0 N–H and O–H groups in total. The van der Waals surface area contributed by atoms with Crippen LogP contribution in [-0.2, 0) is 4.74 Å². The number of hydrogen-bond acceptors (Lipinski definition) is 3. The van der Waals surface area contributed by atoms with Crippen LogP contribution in [0.15, 0.2) is 22.7 Å². The molecule has 1 aliphatic rings. The lowest BCUT2D eigenvalue weighted by Gasteiger charge is -2.26. The lowest BCUT2D eigenvalue weighted by Crippen LogP contribution is -2.32. The Morgan fingerprint density at radius 2 is 2.39 bits per heavy atom. The molecule has 18 heavy (non-hydrogen) atoms. The van der Waals surface area contributed by atoms with Crippen molar-refractivity contribution in [3.05, 3.63) is 28.2 Å². The van der Waals surface area contributed by atoms with Crippen LogP contribution in [0.25, 0.3) is 0 Å². The zero-order valence-electron chi connectivity index (χ0n) is 10.6. The van der Waals surface area contributed by atoms with Gasteiger partial charge in [-0.2, -0.15) is 0 Å². The van der Waals surface area contributed by atoms with Crippen LogP contribution in [0.5, 0.6) is 0 Å². The molecule has 0 aromatic heterocycles. The second-order valence-electron chi connectivity index (χ2n) is 4.50. The Bertz CT molecular complexity index is 416. The van der Waals surface area contributed by atoms with Crippen LogP contribution in [0.1, 0.15) is 30.1 Å². The predicted octanol–water partition coefficient (Wildman–Crippen LogP) is 3.27. The fraction of sp³-hybridized carbons (Fsp3) is 0.500. The first-order valence-corrected chi connectivity index (χ1v) is 7.15. The van der Waals surface area contributed by atoms with Gasteiger partial charge in [-0.3, -0.25) is 4.79 Å². The predicted molar refractivity (Wildman–Crippen MR) is 76.4 cm³/mol. The smallest absolute Gasteiger partial charge is 0.151 e. The van der Waals surface area contributed by atoms with Gasteiger partial charge in [0, 0.05) is 35.4 Å². The van der Waals surface area contributed by atoms with E-state index < -0.39 is 0 Å². The minimum Gasteiger partial charge on any atom is -0.376 e. The van der Waals surface area contributed by atoms with Crippen molar-refractivity contribution < 1.29 is 9.53 Å². The van der Waals surface area contributed by atoms with Crippen molar-refractivity contribution >= 4 is 27.9 Å². The van der Waals surface area contributed by atoms with Crippen molar-refractivity contribution in [1.82, 2.24) is 0 Å². The zero-order chi connectivity index (χ0) is 13.0. The Morgan fingerprint density at radius 1 is 1.56 bits per heavy atom. The monoisotopic (exact) mass is 311 g/mol. The van der Waals surface area contributed by atoms with Crippen LogP contribution in [0, 0.1) is 0 Å². The Morgan fingerprint density at radius 3 is 2.94 bits per heavy atom. The highest BCUT2D eigenvalue weighted by Gasteiger charge is 2.19. The van der Waals surface area contributed by atoms with Gasteiger partial charge in [-0.15, -0.1) is 0 Å². The second kappa shape index (κ2) is 6.34. The van der Waals surface area contributed by atoms with Gasteiger partial charge in [0.1, 0.15) is 0 Å². The molecule has 3 nitrogen and oxygen atoms in total. The third-order valence-corrected chi connectivity index (χ3v) is 3.99. The Balaban J connectivity index is 2.11. The summed E-state index contributed by atoms with van der Waals surface area (Å²) < 4.78 is 6.52. The van der Waals surface area contributed by atoms with Crippen LogP contribution in [0.3, 0.4) is 0 Å². The lowest BCUT2D eigenvalue weighted by atomic mass is 10.2. The van der Waals surface area contributed by atoms with Gasteiger partial charge in [0.05, 0.1) is 6.10 Å². The number of halogens is 1. The second-order valence-corrected chi connectivity index (χ2v) is 5.35. The number of anilines is 1. The highest BCUT2D eigenvalue weighted by Crippen LogP contribution is 2.24. The van der Waals surface area contributed by atoms with Gasteiger partial charge >= 0.3 is 0 Å². The van der Waals surface area contributed by atoms with Crippen molar-refractivity contribution in [2.75, 3.05) is 24.6 Å². The van der Waals surface area contributed by atoms with Crippen molar-refractivity contribution in [2.24, 2.45) is 0 Å². The standard InChI is InChI=1S/C14H18BrNO2/c1-2-16(9-13-4-3-7-18-13)12-6-5-11(10-17)14(15)8-12/h5-6,8,10,13H,2-4,7,9H2,1H3. The quantitative estimate of drug-likeness (QED) is 0.782.